The van der Waals surface area contributed by atoms with Crippen molar-refractivity contribution in [3.63, 3.8) is 0 Å². The summed E-state index contributed by atoms with van der Waals surface area (Å²) in [6.45, 7) is 3.44. The Morgan fingerprint density at radius 1 is 0.964 bits per heavy atom. The molecule has 2 N–H and O–H groups in total. The summed E-state index contributed by atoms with van der Waals surface area (Å²) < 4.78 is 0. The summed E-state index contributed by atoms with van der Waals surface area (Å²) in [6, 6.07) is 17.8. The van der Waals surface area contributed by atoms with Crippen LogP contribution in [-0.4, -0.2) is 54.4 Å². The van der Waals surface area contributed by atoms with Crippen LogP contribution in [0.3, 0.4) is 0 Å². The van der Waals surface area contributed by atoms with Gasteiger partial charge in [-0.3, -0.25) is 9.59 Å². The van der Waals surface area contributed by atoms with Crippen LogP contribution in [-0.2, 0) is 4.79 Å². The van der Waals surface area contributed by atoms with Crippen LogP contribution < -0.4 is 10.2 Å². The van der Waals surface area contributed by atoms with Gasteiger partial charge in [0.05, 0.1) is 0 Å². The molecule has 0 spiro atoms. The van der Waals surface area contributed by atoms with E-state index in [4.69, 9.17) is 0 Å². The zero-order valence-corrected chi connectivity index (χ0v) is 15.7. The number of hydrogen-bond donors (Lipinski definition) is 2. The number of nitrogens with zero attached hydrogens (tertiary/aromatic N) is 2. The molecule has 0 aliphatic carbocycles. The van der Waals surface area contributed by atoms with Crippen molar-refractivity contribution in [1.82, 2.24) is 15.2 Å². The van der Waals surface area contributed by atoms with Gasteiger partial charge in [0.2, 0.25) is 5.91 Å². The van der Waals surface area contributed by atoms with Crippen molar-refractivity contribution in [3.05, 3.63) is 66.4 Å². The second kappa shape index (κ2) is 8.17. The van der Waals surface area contributed by atoms with E-state index in [-0.39, 0.29) is 11.8 Å². The van der Waals surface area contributed by atoms with Crippen molar-refractivity contribution in [1.29, 1.82) is 0 Å². The fraction of sp³-hybridized carbons (Fsp3) is 0.273. The van der Waals surface area contributed by atoms with Gasteiger partial charge in [-0.25, -0.2) is 0 Å². The molecule has 0 saturated carbocycles. The molecule has 1 aliphatic heterocycles. The van der Waals surface area contributed by atoms with Crippen LogP contribution in [0.1, 0.15) is 16.8 Å². The number of nitrogens with one attached hydrogen (secondary N) is 2. The Morgan fingerprint density at radius 2 is 1.75 bits per heavy atom. The summed E-state index contributed by atoms with van der Waals surface area (Å²) >= 11 is 0. The molecule has 1 fully saturated rings. The van der Waals surface area contributed by atoms with Gasteiger partial charge >= 0.3 is 0 Å². The molecule has 4 rings (SSSR count). The molecule has 1 saturated heterocycles. The summed E-state index contributed by atoms with van der Waals surface area (Å²) in [5, 5.41) is 3.92. The van der Waals surface area contributed by atoms with E-state index in [0.717, 1.165) is 24.0 Å². The molecule has 1 aromatic heterocycles. The third kappa shape index (κ3) is 4.01. The molecule has 0 radical (unpaired) electrons. The van der Waals surface area contributed by atoms with Crippen molar-refractivity contribution in [3.8, 4) is 0 Å². The number of rotatable bonds is 5. The van der Waals surface area contributed by atoms with Crippen LogP contribution in [0.5, 0.6) is 0 Å². The monoisotopic (exact) mass is 376 g/mol. The van der Waals surface area contributed by atoms with Gasteiger partial charge in [-0.1, -0.05) is 24.3 Å². The first-order valence-electron chi connectivity index (χ1n) is 9.64. The fourth-order valence-electron chi connectivity index (χ4n) is 3.59. The summed E-state index contributed by atoms with van der Waals surface area (Å²) in [7, 11) is 0. The molecule has 144 valence electrons. The maximum absolute atomic E-state index is 12.5. The molecule has 28 heavy (non-hydrogen) atoms. The lowest BCUT2D eigenvalue weighted by molar-refractivity contribution is -0.131. The number of aromatic nitrogens is 1. The number of H-pyrrole nitrogens is 1. The third-order valence-electron chi connectivity index (χ3n) is 5.20. The van der Waals surface area contributed by atoms with Crippen molar-refractivity contribution in [2.45, 2.75) is 6.42 Å². The van der Waals surface area contributed by atoms with Gasteiger partial charge < -0.3 is 20.1 Å². The Morgan fingerprint density at radius 3 is 2.54 bits per heavy atom. The standard InChI is InChI=1S/C22H24N4O2/c27-21(26-14-12-25(13-15-26)19-4-2-1-3-5-19)9-11-24-22(28)18-7-6-17-8-10-23-20(17)16-18/h1-8,10,16,23H,9,11-15H2,(H,24,28). The lowest BCUT2D eigenvalue weighted by atomic mass is 10.1. The highest BCUT2D eigenvalue weighted by Gasteiger charge is 2.21. The van der Waals surface area contributed by atoms with Gasteiger partial charge in [0, 0.05) is 62.1 Å². The highest BCUT2D eigenvalue weighted by Crippen LogP contribution is 2.16. The number of fused-ring (bicyclic) bond motifs is 1. The van der Waals surface area contributed by atoms with Crippen LogP contribution >= 0.6 is 0 Å². The molecule has 0 bridgehead atoms. The Labute approximate surface area is 164 Å². The quantitative estimate of drug-likeness (QED) is 0.719. The van der Waals surface area contributed by atoms with Gasteiger partial charge in [-0.05, 0) is 35.7 Å². The smallest absolute Gasteiger partial charge is 0.251 e. The average Bonchev–Trinajstić information content (AvgIpc) is 3.22. The Hall–Kier alpha value is -3.28. The summed E-state index contributed by atoms with van der Waals surface area (Å²) in [4.78, 5) is 32.0. The van der Waals surface area contributed by atoms with Crippen LogP contribution in [0.25, 0.3) is 10.9 Å². The largest absolute Gasteiger partial charge is 0.368 e. The first kappa shape index (κ1) is 18.1. The van der Waals surface area contributed by atoms with Gasteiger partial charge in [-0.2, -0.15) is 0 Å². The number of carbonyl (C=O) groups is 2. The third-order valence-corrected chi connectivity index (χ3v) is 5.20. The minimum Gasteiger partial charge on any atom is -0.368 e. The van der Waals surface area contributed by atoms with E-state index in [1.54, 1.807) is 6.07 Å². The summed E-state index contributed by atoms with van der Waals surface area (Å²) in [5.74, 6) is -0.0639. The van der Waals surface area contributed by atoms with Crippen LogP contribution in [0.15, 0.2) is 60.8 Å². The van der Waals surface area contributed by atoms with E-state index in [1.807, 2.05) is 47.5 Å². The molecule has 2 aromatic carbocycles. The molecule has 0 atom stereocenters. The van der Waals surface area contributed by atoms with Gasteiger partial charge in [0.25, 0.3) is 5.91 Å². The van der Waals surface area contributed by atoms with Crippen molar-refractivity contribution in [2.24, 2.45) is 0 Å². The maximum Gasteiger partial charge on any atom is 0.251 e. The SMILES string of the molecule is O=C(NCCC(=O)N1CCN(c2ccccc2)CC1)c1ccc2cc[nH]c2c1. The van der Waals surface area contributed by atoms with Gasteiger partial charge in [0.1, 0.15) is 0 Å². The second-order valence-electron chi connectivity index (χ2n) is 6.99. The van der Waals surface area contributed by atoms with E-state index in [9.17, 15) is 9.59 Å². The lowest BCUT2D eigenvalue weighted by Crippen LogP contribution is -2.49. The summed E-state index contributed by atoms with van der Waals surface area (Å²) in [5.41, 5.74) is 2.72. The van der Waals surface area contributed by atoms with Crippen LogP contribution in [0.4, 0.5) is 5.69 Å². The Kier molecular flexibility index (Phi) is 5.28. The molecule has 6 nitrogen and oxygen atoms in total. The molecule has 2 heterocycles. The zero-order valence-electron chi connectivity index (χ0n) is 15.7. The molecule has 3 aromatic rings. The van der Waals surface area contributed by atoms with E-state index in [1.165, 1.54) is 5.69 Å². The van der Waals surface area contributed by atoms with Gasteiger partial charge in [0.15, 0.2) is 0 Å². The first-order valence-corrected chi connectivity index (χ1v) is 9.64. The minimum absolute atomic E-state index is 0.0906. The highest BCUT2D eigenvalue weighted by molar-refractivity contribution is 5.98. The number of carbonyl (C=O) groups excluding carboxylic acids is 2. The van der Waals surface area contributed by atoms with Crippen molar-refractivity contribution >= 4 is 28.4 Å². The molecule has 6 heteroatoms. The van der Waals surface area contributed by atoms with E-state index in [2.05, 4.69) is 27.3 Å². The molecule has 2 amide bonds. The molecule has 0 unspecified atom stereocenters. The average molecular weight is 376 g/mol. The number of benzene rings is 2. The number of aromatic amines is 1. The number of hydrogen-bond acceptors (Lipinski definition) is 3. The van der Waals surface area contributed by atoms with Crippen molar-refractivity contribution in [2.75, 3.05) is 37.6 Å². The summed E-state index contributed by atoms with van der Waals surface area (Å²) in [6.07, 6.45) is 2.17. The predicted octanol–water partition coefficient (Wildman–Crippen LogP) is 2.64. The number of amides is 2. The molecular formula is C22H24N4O2. The van der Waals surface area contributed by atoms with Gasteiger partial charge in [-0.15, -0.1) is 0 Å². The zero-order chi connectivity index (χ0) is 19.3. The van der Waals surface area contributed by atoms with E-state index < -0.39 is 0 Å². The number of piperazine rings is 1. The second-order valence-corrected chi connectivity index (χ2v) is 6.99. The first-order chi connectivity index (χ1) is 13.7. The normalized spacial score (nSPS) is 14.3. The Bertz CT molecular complexity index is 959. The van der Waals surface area contributed by atoms with E-state index in [0.29, 0.717) is 31.6 Å². The fourth-order valence-corrected chi connectivity index (χ4v) is 3.59. The lowest BCUT2D eigenvalue weighted by Gasteiger charge is -2.36. The van der Waals surface area contributed by atoms with E-state index >= 15 is 0 Å². The minimum atomic E-state index is -0.154. The maximum atomic E-state index is 12.5. The molecular weight excluding hydrogens is 352 g/mol. The topological polar surface area (TPSA) is 68.4 Å². The van der Waals surface area contributed by atoms with Crippen molar-refractivity contribution < 1.29 is 9.59 Å². The highest BCUT2D eigenvalue weighted by atomic mass is 16.2. The number of para-hydroxylation sites is 1. The van der Waals surface area contributed by atoms with Crippen LogP contribution in [0.2, 0.25) is 0 Å². The Balaban J connectivity index is 1.23. The number of anilines is 1. The predicted molar refractivity (Wildman–Crippen MR) is 110 cm³/mol. The van der Waals surface area contributed by atoms with Crippen LogP contribution in [0, 0.1) is 0 Å². The molecule has 1 aliphatic rings.